The van der Waals surface area contributed by atoms with Crippen LogP contribution in [0.2, 0.25) is 0 Å². The average molecular weight is 341 g/mol. The van der Waals surface area contributed by atoms with Gasteiger partial charge in [0, 0.05) is 30.4 Å². The lowest BCUT2D eigenvalue weighted by Crippen LogP contribution is -2.10. The number of nitro benzene ring substituents is 2. The minimum absolute atomic E-state index is 0.0134. The quantitative estimate of drug-likeness (QED) is 0.651. The van der Waals surface area contributed by atoms with E-state index in [1.807, 2.05) is 0 Å². The predicted molar refractivity (Wildman–Crippen MR) is 78.5 cm³/mol. The van der Waals surface area contributed by atoms with Gasteiger partial charge in [0.05, 0.1) is 9.85 Å². The van der Waals surface area contributed by atoms with E-state index in [9.17, 15) is 33.4 Å². The van der Waals surface area contributed by atoms with E-state index in [4.69, 9.17) is 0 Å². The van der Waals surface area contributed by atoms with Crippen molar-refractivity contribution < 1.29 is 23.0 Å². The second-order valence-corrected chi connectivity index (χ2v) is 4.77. The summed E-state index contributed by atoms with van der Waals surface area (Å²) in [6.45, 7) is 0.0246. The Hall–Kier alpha value is -3.17. The van der Waals surface area contributed by atoms with Gasteiger partial charge in [0.25, 0.3) is 11.4 Å². The first kappa shape index (κ1) is 17.2. The number of anilines is 1. The molecule has 0 aliphatic rings. The van der Waals surface area contributed by atoms with Gasteiger partial charge >= 0.3 is 6.18 Å². The molecule has 0 amide bonds. The normalized spacial score (nSPS) is 11.1. The molecular weight excluding hydrogens is 331 g/mol. The van der Waals surface area contributed by atoms with Crippen molar-refractivity contribution in [3.8, 4) is 0 Å². The smallest absolute Gasteiger partial charge is 0.381 e. The highest BCUT2D eigenvalue weighted by Crippen LogP contribution is 2.37. The zero-order valence-corrected chi connectivity index (χ0v) is 11.9. The van der Waals surface area contributed by atoms with Crippen LogP contribution < -0.4 is 5.32 Å². The van der Waals surface area contributed by atoms with E-state index >= 15 is 0 Å². The molecule has 0 bridgehead atoms. The molecule has 24 heavy (non-hydrogen) atoms. The summed E-state index contributed by atoms with van der Waals surface area (Å²) in [4.78, 5) is 19.7. The van der Waals surface area contributed by atoms with Gasteiger partial charge in [-0.2, -0.15) is 13.2 Å². The molecule has 7 nitrogen and oxygen atoms in total. The predicted octanol–water partition coefficient (Wildman–Crippen LogP) is 4.13. The van der Waals surface area contributed by atoms with Gasteiger partial charge in [-0.25, -0.2) is 0 Å². The summed E-state index contributed by atoms with van der Waals surface area (Å²) < 4.78 is 38.7. The number of hydrogen-bond acceptors (Lipinski definition) is 5. The zero-order valence-electron chi connectivity index (χ0n) is 11.9. The standard InChI is InChI=1S/C14H10F3N3O4/c15-14(16,17)12-7-10(4-5-13(12)20(23)24)18-8-9-2-1-3-11(6-9)19(21)22/h1-7,18H,8H2. The fourth-order valence-corrected chi connectivity index (χ4v) is 2.02. The van der Waals surface area contributed by atoms with Crippen molar-refractivity contribution in [2.45, 2.75) is 12.7 Å². The van der Waals surface area contributed by atoms with Gasteiger partial charge in [0.2, 0.25) is 0 Å². The molecule has 0 aliphatic heterocycles. The summed E-state index contributed by atoms with van der Waals surface area (Å²) in [5.41, 5.74) is -2.05. The molecule has 0 atom stereocenters. The van der Waals surface area contributed by atoms with Crippen molar-refractivity contribution in [1.82, 2.24) is 0 Å². The van der Waals surface area contributed by atoms with E-state index in [0.717, 1.165) is 12.1 Å². The summed E-state index contributed by atoms with van der Waals surface area (Å²) in [6.07, 6.45) is -4.87. The Bertz CT molecular complexity index is 793. The van der Waals surface area contributed by atoms with Gasteiger partial charge in [-0.15, -0.1) is 0 Å². The molecule has 2 aromatic rings. The van der Waals surface area contributed by atoms with Crippen LogP contribution in [0, 0.1) is 20.2 Å². The van der Waals surface area contributed by atoms with E-state index in [0.29, 0.717) is 11.6 Å². The molecular formula is C14H10F3N3O4. The summed E-state index contributed by atoms with van der Waals surface area (Å²) in [6, 6.07) is 8.13. The zero-order chi connectivity index (χ0) is 17.9. The van der Waals surface area contributed by atoms with Crippen molar-refractivity contribution in [2.24, 2.45) is 0 Å². The van der Waals surface area contributed by atoms with E-state index in [-0.39, 0.29) is 17.9 Å². The van der Waals surface area contributed by atoms with Crippen molar-refractivity contribution in [2.75, 3.05) is 5.32 Å². The maximum atomic E-state index is 12.9. The summed E-state index contributed by atoms with van der Waals surface area (Å²) in [5.74, 6) is 0. The third-order valence-corrected chi connectivity index (χ3v) is 3.12. The minimum Gasteiger partial charge on any atom is -0.381 e. The monoisotopic (exact) mass is 341 g/mol. The summed E-state index contributed by atoms with van der Waals surface area (Å²) >= 11 is 0. The summed E-state index contributed by atoms with van der Waals surface area (Å²) in [5, 5.41) is 24.0. The molecule has 2 aromatic carbocycles. The molecule has 2 rings (SSSR count). The van der Waals surface area contributed by atoms with Gasteiger partial charge in [0.15, 0.2) is 0 Å². The van der Waals surface area contributed by atoms with Gasteiger partial charge in [-0.1, -0.05) is 12.1 Å². The third-order valence-electron chi connectivity index (χ3n) is 3.12. The molecule has 10 heteroatoms. The molecule has 0 fully saturated rings. The molecule has 0 unspecified atom stereocenters. The number of nitrogens with one attached hydrogen (secondary N) is 1. The maximum absolute atomic E-state index is 12.9. The Morgan fingerprint density at radius 3 is 2.29 bits per heavy atom. The first-order valence-electron chi connectivity index (χ1n) is 6.51. The topological polar surface area (TPSA) is 98.3 Å². The van der Waals surface area contributed by atoms with Crippen LogP contribution in [0.15, 0.2) is 42.5 Å². The third kappa shape index (κ3) is 3.97. The van der Waals surface area contributed by atoms with Crippen LogP contribution in [0.5, 0.6) is 0 Å². The van der Waals surface area contributed by atoms with Crippen LogP contribution in [0.25, 0.3) is 0 Å². The molecule has 0 heterocycles. The SMILES string of the molecule is O=[N+]([O-])c1cccc(CNc2ccc([N+](=O)[O-])c(C(F)(F)F)c2)c1. The fraction of sp³-hybridized carbons (Fsp3) is 0.143. The lowest BCUT2D eigenvalue weighted by atomic mass is 10.1. The average Bonchev–Trinajstić information content (AvgIpc) is 2.52. The fourth-order valence-electron chi connectivity index (χ4n) is 2.02. The molecule has 0 radical (unpaired) electrons. The van der Waals surface area contributed by atoms with Crippen molar-refractivity contribution >= 4 is 17.1 Å². The van der Waals surface area contributed by atoms with Crippen molar-refractivity contribution in [1.29, 1.82) is 0 Å². The molecule has 1 N–H and O–H groups in total. The number of halogens is 3. The van der Waals surface area contributed by atoms with Crippen LogP contribution >= 0.6 is 0 Å². The molecule has 126 valence electrons. The minimum atomic E-state index is -4.87. The van der Waals surface area contributed by atoms with Crippen LogP contribution in [-0.4, -0.2) is 9.85 Å². The van der Waals surface area contributed by atoms with Gasteiger partial charge in [0.1, 0.15) is 5.56 Å². The van der Waals surface area contributed by atoms with Gasteiger partial charge in [-0.3, -0.25) is 20.2 Å². The van der Waals surface area contributed by atoms with E-state index in [2.05, 4.69) is 5.32 Å². The van der Waals surface area contributed by atoms with Gasteiger partial charge in [-0.05, 0) is 17.7 Å². The van der Waals surface area contributed by atoms with Crippen LogP contribution in [0.1, 0.15) is 11.1 Å². The maximum Gasteiger partial charge on any atom is 0.423 e. The highest BCUT2D eigenvalue weighted by Gasteiger charge is 2.38. The van der Waals surface area contributed by atoms with Gasteiger partial charge < -0.3 is 5.32 Å². The van der Waals surface area contributed by atoms with E-state index < -0.39 is 27.3 Å². The summed E-state index contributed by atoms with van der Waals surface area (Å²) in [7, 11) is 0. The molecule has 0 aliphatic carbocycles. The highest BCUT2D eigenvalue weighted by molar-refractivity contribution is 5.55. The number of nitro groups is 2. The molecule has 0 aromatic heterocycles. The first-order valence-corrected chi connectivity index (χ1v) is 6.51. The molecule has 0 saturated heterocycles. The Morgan fingerprint density at radius 2 is 1.71 bits per heavy atom. The number of benzene rings is 2. The Labute approximate surface area is 133 Å². The number of rotatable bonds is 5. The Morgan fingerprint density at radius 1 is 1.00 bits per heavy atom. The van der Waals surface area contributed by atoms with Crippen molar-refractivity contribution in [3.63, 3.8) is 0 Å². The lowest BCUT2D eigenvalue weighted by molar-refractivity contribution is -0.388. The number of alkyl halides is 3. The molecule has 0 saturated carbocycles. The second-order valence-electron chi connectivity index (χ2n) is 4.77. The Kier molecular flexibility index (Phi) is 4.67. The van der Waals surface area contributed by atoms with Crippen molar-refractivity contribution in [3.05, 3.63) is 73.8 Å². The second kappa shape index (κ2) is 6.52. The highest BCUT2D eigenvalue weighted by atomic mass is 19.4. The number of non-ortho nitro benzene ring substituents is 1. The van der Waals surface area contributed by atoms with E-state index in [1.165, 1.54) is 18.2 Å². The first-order chi connectivity index (χ1) is 11.2. The lowest BCUT2D eigenvalue weighted by Gasteiger charge is -2.11. The van der Waals surface area contributed by atoms with E-state index in [1.54, 1.807) is 6.07 Å². The Balaban J connectivity index is 2.23. The van der Waals surface area contributed by atoms with Crippen LogP contribution in [0.4, 0.5) is 30.2 Å². The number of hydrogen-bond donors (Lipinski definition) is 1. The largest absolute Gasteiger partial charge is 0.423 e. The van der Waals surface area contributed by atoms with Crippen LogP contribution in [-0.2, 0) is 12.7 Å². The molecule has 0 spiro atoms. The number of nitrogens with zero attached hydrogens (tertiary/aromatic N) is 2. The van der Waals surface area contributed by atoms with Crippen LogP contribution in [0.3, 0.4) is 0 Å².